The number of nitrogens with one attached hydrogen (secondary N) is 1. The molecule has 11 heteroatoms. The number of allylic oxidation sites excluding steroid dienone is 1. The van der Waals surface area contributed by atoms with E-state index in [1.807, 2.05) is 69.8 Å². The van der Waals surface area contributed by atoms with E-state index in [-0.39, 0.29) is 12.5 Å². The number of benzene rings is 3. The summed E-state index contributed by atoms with van der Waals surface area (Å²) in [6.45, 7) is 10.4. The lowest BCUT2D eigenvalue weighted by molar-refractivity contribution is -0.121. The zero-order valence-electron chi connectivity index (χ0n) is 31.2. The van der Waals surface area contributed by atoms with Crippen LogP contribution in [0.2, 0.25) is 10.0 Å². The Kier molecular flexibility index (Phi) is 10.8. The minimum absolute atomic E-state index is 0.145. The zero-order valence-corrected chi connectivity index (χ0v) is 32.7. The molecular formula is C43H43Cl2N5O4. The lowest BCUT2D eigenvalue weighted by atomic mass is 9.93. The standard InChI is InChI=1S/C43H43Cl2N5O4/c1-25-17-32(18-26(2)42(25)45)53-16-8-11-34-35-12-13-38(44)41(40-27(3)48-49(5)28(40)4)36(35)21-37(34)43(52)46-22-31-19-33(54-24-51)20-39(47-31)50-15-14-29-9-6-7-10-30(29)23-50/h6-7,9-10,12-13,17-20,24H,8,11,14-16,21-23H2,1-5H3,(H,46,52). The maximum Gasteiger partial charge on any atom is 0.298 e. The molecule has 54 heavy (non-hydrogen) atoms. The van der Waals surface area contributed by atoms with Crippen LogP contribution >= 0.6 is 23.2 Å². The van der Waals surface area contributed by atoms with Crippen LogP contribution in [-0.2, 0) is 42.6 Å². The highest BCUT2D eigenvalue weighted by atomic mass is 35.5. The number of aryl methyl sites for hydroxylation is 4. The van der Waals surface area contributed by atoms with Crippen molar-refractivity contribution in [2.45, 2.75) is 66.5 Å². The van der Waals surface area contributed by atoms with Gasteiger partial charge in [-0.2, -0.15) is 5.10 Å². The lowest BCUT2D eigenvalue weighted by Crippen LogP contribution is -2.31. The highest BCUT2D eigenvalue weighted by Crippen LogP contribution is 2.45. The monoisotopic (exact) mass is 763 g/mol. The van der Waals surface area contributed by atoms with E-state index in [0.717, 1.165) is 74.1 Å². The Bertz CT molecular complexity index is 2290. The van der Waals surface area contributed by atoms with Gasteiger partial charge in [-0.25, -0.2) is 4.98 Å². The van der Waals surface area contributed by atoms with E-state index in [2.05, 4.69) is 33.5 Å². The normalized spacial score (nSPS) is 13.5. The van der Waals surface area contributed by atoms with Gasteiger partial charge in [0.15, 0.2) is 0 Å². The summed E-state index contributed by atoms with van der Waals surface area (Å²) in [7, 11) is 1.92. The second-order valence-corrected chi connectivity index (χ2v) is 14.8. The minimum Gasteiger partial charge on any atom is -0.494 e. The van der Waals surface area contributed by atoms with Crippen molar-refractivity contribution in [1.82, 2.24) is 20.1 Å². The molecule has 3 aromatic carbocycles. The van der Waals surface area contributed by atoms with Crippen LogP contribution in [0.5, 0.6) is 11.5 Å². The molecule has 0 saturated carbocycles. The second-order valence-electron chi connectivity index (χ2n) is 14.1. The van der Waals surface area contributed by atoms with E-state index in [1.54, 1.807) is 12.1 Å². The number of aromatic nitrogens is 3. The third-order valence-electron chi connectivity index (χ3n) is 10.5. The Morgan fingerprint density at radius 3 is 2.44 bits per heavy atom. The Morgan fingerprint density at radius 2 is 1.72 bits per heavy atom. The van der Waals surface area contributed by atoms with Gasteiger partial charge in [0.2, 0.25) is 5.91 Å². The van der Waals surface area contributed by atoms with Crippen molar-refractivity contribution in [2.24, 2.45) is 7.05 Å². The molecule has 0 fully saturated rings. The quantitative estimate of drug-likeness (QED) is 0.100. The van der Waals surface area contributed by atoms with Crippen LogP contribution in [0.15, 0.2) is 66.2 Å². The molecule has 5 aromatic rings. The fraction of sp³-hybridized carbons (Fsp3) is 0.302. The molecule has 2 aliphatic rings. The molecule has 0 atom stereocenters. The Balaban J connectivity index is 1.16. The fourth-order valence-electron chi connectivity index (χ4n) is 7.76. The van der Waals surface area contributed by atoms with Crippen LogP contribution in [0.3, 0.4) is 0 Å². The summed E-state index contributed by atoms with van der Waals surface area (Å²) < 4.78 is 13.3. The van der Waals surface area contributed by atoms with E-state index in [4.69, 9.17) is 37.7 Å². The summed E-state index contributed by atoms with van der Waals surface area (Å²) in [4.78, 5) is 32.7. The van der Waals surface area contributed by atoms with Crippen LogP contribution < -0.4 is 19.7 Å². The number of anilines is 1. The molecule has 0 bridgehead atoms. The van der Waals surface area contributed by atoms with Gasteiger partial charge >= 0.3 is 0 Å². The highest BCUT2D eigenvalue weighted by Gasteiger charge is 2.31. The van der Waals surface area contributed by atoms with Gasteiger partial charge in [0.1, 0.15) is 17.3 Å². The molecule has 7 rings (SSSR count). The van der Waals surface area contributed by atoms with Gasteiger partial charge in [0, 0.05) is 71.1 Å². The highest BCUT2D eigenvalue weighted by molar-refractivity contribution is 6.34. The molecule has 2 aromatic heterocycles. The summed E-state index contributed by atoms with van der Waals surface area (Å²) in [5.74, 6) is 1.64. The number of carbonyl (C=O) groups is 2. The van der Waals surface area contributed by atoms with Crippen LogP contribution in [-0.4, -0.2) is 40.3 Å². The average molecular weight is 765 g/mol. The number of halogens is 2. The number of ether oxygens (including phenoxy) is 2. The molecule has 0 unspecified atom stereocenters. The van der Waals surface area contributed by atoms with Gasteiger partial charge in [-0.3, -0.25) is 14.3 Å². The lowest BCUT2D eigenvalue weighted by Gasteiger charge is -2.30. The first-order valence-corrected chi connectivity index (χ1v) is 18.9. The van der Waals surface area contributed by atoms with Crippen molar-refractivity contribution < 1.29 is 19.1 Å². The second kappa shape index (κ2) is 15.7. The van der Waals surface area contributed by atoms with Gasteiger partial charge in [-0.05, 0) is 104 Å². The third-order valence-corrected chi connectivity index (χ3v) is 11.4. The van der Waals surface area contributed by atoms with Gasteiger partial charge in [0.25, 0.3) is 6.47 Å². The van der Waals surface area contributed by atoms with Crippen LogP contribution in [0.4, 0.5) is 5.82 Å². The van der Waals surface area contributed by atoms with E-state index in [9.17, 15) is 9.59 Å². The number of hydrogen-bond acceptors (Lipinski definition) is 7. The molecule has 0 spiro atoms. The maximum absolute atomic E-state index is 14.3. The minimum atomic E-state index is -0.190. The van der Waals surface area contributed by atoms with Crippen LogP contribution in [0.1, 0.15) is 63.3 Å². The number of hydrogen-bond donors (Lipinski definition) is 1. The number of rotatable bonds is 12. The van der Waals surface area contributed by atoms with Crippen molar-refractivity contribution >= 4 is 47.0 Å². The smallest absolute Gasteiger partial charge is 0.298 e. The van der Waals surface area contributed by atoms with Gasteiger partial charge in [-0.1, -0.05) is 53.5 Å². The molecule has 9 nitrogen and oxygen atoms in total. The Morgan fingerprint density at radius 1 is 0.963 bits per heavy atom. The molecule has 3 heterocycles. The molecule has 1 aliphatic carbocycles. The number of amides is 1. The Hall–Kier alpha value is -5.12. The predicted octanol–water partition coefficient (Wildman–Crippen LogP) is 8.61. The molecule has 1 aliphatic heterocycles. The largest absolute Gasteiger partial charge is 0.494 e. The zero-order chi connectivity index (χ0) is 38.1. The van der Waals surface area contributed by atoms with Crippen LogP contribution in [0, 0.1) is 27.7 Å². The molecule has 0 radical (unpaired) electrons. The maximum atomic E-state index is 14.3. The van der Waals surface area contributed by atoms with Crippen molar-refractivity contribution in [3.05, 3.63) is 127 Å². The van der Waals surface area contributed by atoms with Crippen molar-refractivity contribution in [2.75, 3.05) is 18.1 Å². The van der Waals surface area contributed by atoms with E-state index >= 15 is 0 Å². The third kappa shape index (κ3) is 7.48. The van der Waals surface area contributed by atoms with E-state index in [0.29, 0.717) is 66.7 Å². The summed E-state index contributed by atoms with van der Waals surface area (Å²) in [6.07, 6.45) is 2.60. The van der Waals surface area contributed by atoms with Crippen molar-refractivity contribution in [1.29, 1.82) is 0 Å². The van der Waals surface area contributed by atoms with E-state index in [1.165, 1.54) is 11.1 Å². The molecule has 278 valence electrons. The summed E-state index contributed by atoms with van der Waals surface area (Å²) in [6, 6.07) is 19.7. The molecular weight excluding hydrogens is 721 g/mol. The number of nitrogens with zero attached hydrogens (tertiary/aromatic N) is 4. The van der Waals surface area contributed by atoms with Crippen molar-refractivity contribution in [3.8, 4) is 22.6 Å². The summed E-state index contributed by atoms with van der Waals surface area (Å²) in [5.41, 5.74) is 12.5. The Labute approximate surface area is 325 Å². The molecule has 0 saturated heterocycles. The van der Waals surface area contributed by atoms with Gasteiger partial charge < -0.3 is 19.7 Å². The van der Waals surface area contributed by atoms with Gasteiger partial charge in [-0.15, -0.1) is 0 Å². The summed E-state index contributed by atoms with van der Waals surface area (Å²) >= 11 is 13.3. The first-order valence-electron chi connectivity index (χ1n) is 18.2. The number of pyridine rings is 1. The average Bonchev–Trinajstić information content (AvgIpc) is 3.65. The molecule has 1 amide bonds. The van der Waals surface area contributed by atoms with Crippen LogP contribution in [0.25, 0.3) is 16.7 Å². The SMILES string of the molecule is Cc1cc(OCCCC2=C(C(=O)NCc3cc(OC=O)cc(N4CCc5ccccc5C4)n3)Cc3c2ccc(Cl)c3-c2c(C)nn(C)c2C)cc(C)c1Cl. The topological polar surface area (TPSA) is 98.6 Å². The summed E-state index contributed by atoms with van der Waals surface area (Å²) in [5, 5.41) is 9.17. The van der Waals surface area contributed by atoms with Crippen molar-refractivity contribution in [3.63, 3.8) is 0 Å². The fourth-order valence-corrected chi connectivity index (χ4v) is 8.14. The number of carbonyl (C=O) groups excluding carboxylic acids is 2. The number of fused-ring (bicyclic) bond motifs is 2. The van der Waals surface area contributed by atoms with E-state index < -0.39 is 0 Å². The first kappa shape index (κ1) is 37.2. The molecule has 1 N–H and O–H groups in total. The predicted molar refractivity (Wildman–Crippen MR) is 213 cm³/mol. The van der Waals surface area contributed by atoms with Gasteiger partial charge in [0.05, 0.1) is 24.5 Å². The first-order chi connectivity index (χ1) is 26.0.